The first-order valence-corrected chi connectivity index (χ1v) is 10.7. The number of amides is 1. The minimum atomic E-state index is -3.14. The van der Waals surface area contributed by atoms with Gasteiger partial charge in [0.15, 0.2) is 9.84 Å². The predicted octanol–water partition coefficient (Wildman–Crippen LogP) is 1.45. The van der Waals surface area contributed by atoms with Crippen molar-refractivity contribution in [3.8, 4) is 5.75 Å². The van der Waals surface area contributed by atoms with Crippen LogP contribution in [0.25, 0.3) is 0 Å². The molecule has 1 amide bonds. The molecule has 3 aliphatic rings. The molecule has 2 aliphatic heterocycles. The first-order chi connectivity index (χ1) is 12.0. The Balaban J connectivity index is 1.70. The van der Waals surface area contributed by atoms with Gasteiger partial charge >= 0.3 is 0 Å². The van der Waals surface area contributed by atoms with E-state index in [2.05, 4.69) is 4.90 Å². The Bertz CT molecular complexity index is 773. The number of nitrogens with zero attached hydrogens (tertiary/aromatic N) is 2. The van der Waals surface area contributed by atoms with Crippen molar-refractivity contribution in [2.45, 2.75) is 43.8 Å². The van der Waals surface area contributed by atoms with Crippen LogP contribution in [0.1, 0.15) is 25.7 Å². The molecule has 0 N–H and O–H groups in total. The smallest absolute Gasteiger partial charge is 0.241 e. The second-order valence-electron chi connectivity index (χ2n) is 7.29. The second-order valence-corrected chi connectivity index (χ2v) is 9.44. The number of fused-ring (bicyclic) bond motifs is 1. The minimum Gasteiger partial charge on any atom is -0.497 e. The van der Waals surface area contributed by atoms with Gasteiger partial charge in [0.2, 0.25) is 5.91 Å². The standard InChI is InChI=1S/C18H24N2O4S/c1-24-15-8-4-7-14(9-15)20-17-12-25(22,23)11-16(17)19(10-18(20)21)13-5-2-3-6-13/h4,7-9,13,16-17H,2-3,5-6,10-12H2,1H3. The minimum absolute atomic E-state index is 0.0153. The Morgan fingerprint density at radius 1 is 1.12 bits per heavy atom. The summed E-state index contributed by atoms with van der Waals surface area (Å²) in [4.78, 5) is 16.8. The Morgan fingerprint density at radius 2 is 1.84 bits per heavy atom. The van der Waals surface area contributed by atoms with Gasteiger partial charge in [-0.15, -0.1) is 0 Å². The van der Waals surface area contributed by atoms with Crippen LogP contribution in [0.15, 0.2) is 24.3 Å². The maximum Gasteiger partial charge on any atom is 0.241 e. The fraction of sp³-hybridized carbons (Fsp3) is 0.611. The average molecular weight is 364 g/mol. The SMILES string of the molecule is COc1cccc(N2C(=O)CN(C3CCCC3)C3CS(=O)(=O)CC32)c1. The summed E-state index contributed by atoms with van der Waals surface area (Å²) in [5.74, 6) is 0.852. The number of hydrogen-bond acceptors (Lipinski definition) is 5. The lowest BCUT2D eigenvalue weighted by molar-refractivity contribution is -0.124. The van der Waals surface area contributed by atoms with Gasteiger partial charge in [-0.3, -0.25) is 9.69 Å². The lowest BCUT2D eigenvalue weighted by Gasteiger charge is -2.46. The van der Waals surface area contributed by atoms with Crippen molar-refractivity contribution in [1.82, 2.24) is 4.90 Å². The van der Waals surface area contributed by atoms with Gasteiger partial charge in [0.1, 0.15) is 5.75 Å². The van der Waals surface area contributed by atoms with Crippen LogP contribution >= 0.6 is 0 Å². The van der Waals surface area contributed by atoms with Crippen LogP contribution in [0.2, 0.25) is 0 Å². The van der Waals surface area contributed by atoms with E-state index in [0.29, 0.717) is 18.3 Å². The van der Waals surface area contributed by atoms with Gasteiger partial charge in [0.25, 0.3) is 0 Å². The number of ether oxygens (including phenoxy) is 1. The van der Waals surface area contributed by atoms with Crippen molar-refractivity contribution in [3.05, 3.63) is 24.3 Å². The molecule has 2 atom stereocenters. The molecule has 1 aliphatic carbocycles. The molecule has 2 saturated heterocycles. The highest BCUT2D eigenvalue weighted by atomic mass is 32.2. The molecule has 1 aromatic rings. The van der Waals surface area contributed by atoms with E-state index in [9.17, 15) is 13.2 Å². The van der Waals surface area contributed by atoms with E-state index < -0.39 is 9.84 Å². The van der Waals surface area contributed by atoms with E-state index in [-0.39, 0.29) is 29.5 Å². The first kappa shape index (κ1) is 16.8. The van der Waals surface area contributed by atoms with E-state index in [1.54, 1.807) is 12.0 Å². The van der Waals surface area contributed by atoms with Crippen LogP contribution in [0.5, 0.6) is 5.75 Å². The number of methoxy groups -OCH3 is 1. The third-order valence-electron chi connectivity index (χ3n) is 5.76. The number of anilines is 1. The van der Waals surface area contributed by atoms with E-state index in [0.717, 1.165) is 18.5 Å². The maximum absolute atomic E-state index is 13.0. The maximum atomic E-state index is 13.0. The van der Waals surface area contributed by atoms with E-state index in [4.69, 9.17) is 4.74 Å². The Labute approximate surface area is 148 Å². The van der Waals surface area contributed by atoms with E-state index >= 15 is 0 Å². The number of sulfone groups is 1. The van der Waals surface area contributed by atoms with Crippen molar-refractivity contribution in [2.75, 3.05) is 30.1 Å². The highest BCUT2D eigenvalue weighted by Gasteiger charge is 2.51. The average Bonchev–Trinajstić information content (AvgIpc) is 3.21. The molecule has 0 bridgehead atoms. The van der Waals surface area contributed by atoms with Crippen molar-refractivity contribution in [3.63, 3.8) is 0 Å². The van der Waals surface area contributed by atoms with Gasteiger partial charge in [-0.25, -0.2) is 8.42 Å². The monoisotopic (exact) mass is 364 g/mol. The molecular weight excluding hydrogens is 340 g/mol. The van der Waals surface area contributed by atoms with Crippen molar-refractivity contribution in [1.29, 1.82) is 0 Å². The quantitative estimate of drug-likeness (QED) is 0.812. The number of carbonyl (C=O) groups is 1. The van der Waals surface area contributed by atoms with E-state index in [1.165, 1.54) is 12.8 Å². The Kier molecular flexibility index (Phi) is 4.24. The van der Waals surface area contributed by atoms with Crippen LogP contribution < -0.4 is 9.64 Å². The zero-order valence-corrected chi connectivity index (χ0v) is 15.2. The summed E-state index contributed by atoms with van der Waals surface area (Å²) in [6.45, 7) is 0.304. The molecule has 0 aromatic heterocycles. The third kappa shape index (κ3) is 3.04. The molecular formula is C18H24N2O4S. The molecule has 7 heteroatoms. The highest BCUT2D eigenvalue weighted by Crippen LogP contribution is 2.36. The molecule has 6 nitrogen and oxygen atoms in total. The topological polar surface area (TPSA) is 66.9 Å². The second kappa shape index (κ2) is 6.29. The number of piperazine rings is 1. The largest absolute Gasteiger partial charge is 0.497 e. The number of rotatable bonds is 3. The molecule has 2 heterocycles. The fourth-order valence-electron chi connectivity index (χ4n) is 4.64. The Hall–Kier alpha value is -1.60. The molecule has 25 heavy (non-hydrogen) atoms. The molecule has 136 valence electrons. The van der Waals surface area contributed by atoms with Gasteiger partial charge in [-0.2, -0.15) is 0 Å². The molecule has 3 fully saturated rings. The van der Waals surface area contributed by atoms with Crippen molar-refractivity contribution >= 4 is 21.4 Å². The van der Waals surface area contributed by atoms with Crippen molar-refractivity contribution in [2.24, 2.45) is 0 Å². The zero-order chi connectivity index (χ0) is 17.6. The predicted molar refractivity (Wildman–Crippen MR) is 95.7 cm³/mol. The molecule has 0 spiro atoms. The molecule has 2 unspecified atom stereocenters. The molecule has 1 aromatic carbocycles. The molecule has 1 saturated carbocycles. The third-order valence-corrected chi connectivity index (χ3v) is 7.46. The van der Waals surface area contributed by atoms with Crippen LogP contribution in [0.4, 0.5) is 5.69 Å². The fourth-order valence-corrected chi connectivity index (χ4v) is 6.60. The van der Waals surface area contributed by atoms with Crippen LogP contribution in [-0.4, -0.2) is 62.5 Å². The van der Waals surface area contributed by atoms with Gasteiger partial charge in [0, 0.05) is 23.8 Å². The van der Waals surface area contributed by atoms with Gasteiger partial charge in [0.05, 0.1) is 31.2 Å². The van der Waals surface area contributed by atoms with E-state index in [1.807, 2.05) is 24.3 Å². The van der Waals surface area contributed by atoms with Gasteiger partial charge < -0.3 is 9.64 Å². The van der Waals surface area contributed by atoms with Gasteiger partial charge in [-0.1, -0.05) is 18.9 Å². The summed E-state index contributed by atoms with van der Waals surface area (Å²) in [5, 5.41) is 0. The lowest BCUT2D eigenvalue weighted by atomic mass is 10.00. The Morgan fingerprint density at radius 3 is 2.56 bits per heavy atom. The highest BCUT2D eigenvalue weighted by molar-refractivity contribution is 7.91. The first-order valence-electron chi connectivity index (χ1n) is 8.91. The number of carbonyl (C=O) groups excluding carboxylic acids is 1. The van der Waals surface area contributed by atoms with Crippen LogP contribution in [-0.2, 0) is 14.6 Å². The number of hydrogen-bond donors (Lipinski definition) is 0. The zero-order valence-electron chi connectivity index (χ0n) is 14.4. The van der Waals surface area contributed by atoms with Gasteiger partial charge in [-0.05, 0) is 25.0 Å². The summed E-state index contributed by atoms with van der Waals surface area (Å²) in [6.07, 6.45) is 4.46. The summed E-state index contributed by atoms with van der Waals surface area (Å²) in [7, 11) is -1.55. The summed E-state index contributed by atoms with van der Waals surface area (Å²) in [6, 6.07) is 7.27. The van der Waals surface area contributed by atoms with Crippen molar-refractivity contribution < 1.29 is 17.9 Å². The summed E-state index contributed by atoms with van der Waals surface area (Å²) >= 11 is 0. The van der Waals surface area contributed by atoms with Crippen LogP contribution in [0.3, 0.4) is 0 Å². The molecule has 0 radical (unpaired) electrons. The number of benzene rings is 1. The van der Waals surface area contributed by atoms with Crippen LogP contribution in [0, 0.1) is 0 Å². The normalized spacial score (nSPS) is 29.8. The summed E-state index contributed by atoms with van der Waals surface area (Å²) in [5.41, 5.74) is 0.725. The molecule has 4 rings (SSSR count). The lowest BCUT2D eigenvalue weighted by Crippen LogP contribution is -2.64. The summed E-state index contributed by atoms with van der Waals surface area (Å²) < 4.78 is 30.0.